The summed E-state index contributed by atoms with van der Waals surface area (Å²) in [6.07, 6.45) is 1.01. The van der Waals surface area contributed by atoms with E-state index in [1.165, 1.54) is 0 Å². The zero-order valence-electron chi connectivity index (χ0n) is 21.4. The molecule has 2 fully saturated rings. The molecule has 3 aromatic carbocycles. The smallest absolute Gasteiger partial charge is 0.253 e. The first-order valence-electron chi connectivity index (χ1n) is 12.8. The first-order valence-corrected chi connectivity index (χ1v) is 13.6. The molecule has 38 heavy (non-hydrogen) atoms. The van der Waals surface area contributed by atoms with Crippen LogP contribution in [0, 0.1) is 0 Å². The highest BCUT2D eigenvalue weighted by atomic mass is 79.9. The number of para-hydroxylation sites is 1. The van der Waals surface area contributed by atoms with Crippen LogP contribution in [0.3, 0.4) is 0 Å². The number of benzene rings is 3. The predicted molar refractivity (Wildman–Crippen MR) is 150 cm³/mol. The summed E-state index contributed by atoms with van der Waals surface area (Å²) < 4.78 is 0.857. The van der Waals surface area contributed by atoms with Gasteiger partial charge < -0.3 is 19.6 Å². The molecule has 0 aliphatic carbocycles. The van der Waals surface area contributed by atoms with Gasteiger partial charge in [-0.05, 0) is 48.7 Å². The van der Waals surface area contributed by atoms with Crippen LogP contribution < -0.4 is 4.90 Å². The lowest BCUT2D eigenvalue weighted by Gasteiger charge is -2.43. The fourth-order valence-electron chi connectivity index (χ4n) is 5.44. The molecule has 2 aliphatic rings. The molecule has 1 spiro atoms. The molecular formula is C30H31BrN4O3. The molecular weight excluding hydrogens is 544 g/mol. The van der Waals surface area contributed by atoms with E-state index in [0.717, 1.165) is 15.7 Å². The monoisotopic (exact) mass is 574 g/mol. The van der Waals surface area contributed by atoms with Gasteiger partial charge in [-0.3, -0.25) is 14.4 Å². The number of carbonyl (C=O) groups is 3. The van der Waals surface area contributed by atoms with Crippen LogP contribution in [0.1, 0.15) is 28.8 Å². The van der Waals surface area contributed by atoms with E-state index >= 15 is 0 Å². The number of carbonyl (C=O) groups excluding carboxylic acids is 3. The van der Waals surface area contributed by atoms with Gasteiger partial charge in [-0.15, -0.1) is 0 Å². The van der Waals surface area contributed by atoms with Crippen molar-refractivity contribution in [3.63, 3.8) is 0 Å². The summed E-state index contributed by atoms with van der Waals surface area (Å²) >= 11 is 3.44. The summed E-state index contributed by atoms with van der Waals surface area (Å²) in [7, 11) is 1.77. The molecule has 0 N–H and O–H groups in total. The maximum absolute atomic E-state index is 14.0. The number of halogens is 1. The highest BCUT2D eigenvalue weighted by Crippen LogP contribution is 2.39. The van der Waals surface area contributed by atoms with Crippen molar-refractivity contribution in [2.45, 2.75) is 24.9 Å². The summed E-state index contributed by atoms with van der Waals surface area (Å²) in [6, 6.07) is 27.1. The normalized spacial score (nSPS) is 16.7. The van der Waals surface area contributed by atoms with Gasteiger partial charge in [0.15, 0.2) is 0 Å². The average Bonchev–Trinajstić information content (AvgIpc) is 3.20. The SMILES string of the molecule is CN(Cc1ccccc1)C(=O)CN1CN(c2ccccc2)C2(CCN(C(=O)c3cccc(Br)c3)CC2)C1=O. The van der Waals surface area contributed by atoms with Crippen molar-refractivity contribution in [2.75, 3.05) is 38.3 Å². The zero-order chi connectivity index (χ0) is 26.7. The second-order valence-electron chi connectivity index (χ2n) is 9.98. The lowest BCUT2D eigenvalue weighted by atomic mass is 9.85. The van der Waals surface area contributed by atoms with Gasteiger partial charge in [0.25, 0.3) is 11.8 Å². The number of rotatable bonds is 6. The van der Waals surface area contributed by atoms with Crippen LogP contribution in [0.2, 0.25) is 0 Å². The Morgan fingerprint density at radius 2 is 1.58 bits per heavy atom. The van der Waals surface area contributed by atoms with Gasteiger partial charge >= 0.3 is 0 Å². The molecule has 5 rings (SSSR count). The first-order chi connectivity index (χ1) is 18.4. The van der Waals surface area contributed by atoms with Crippen LogP contribution in [-0.2, 0) is 16.1 Å². The van der Waals surface area contributed by atoms with Crippen molar-refractivity contribution in [1.82, 2.24) is 14.7 Å². The Balaban J connectivity index is 1.33. The first kappa shape index (κ1) is 26.0. The molecule has 0 unspecified atom stereocenters. The number of amides is 3. The van der Waals surface area contributed by atoms with E-state index in [1.54, 1.807) is 16.8 Å². The maximum atomic E-state index is 14.0. The van der Waals surface area contributed by atoms with Crippen LogP contribution >= 0.6 is 15.9 Å². The summed E-state index contributed by atoms with van der Waals surface area (Å²) in [5.74, 6) is -0.181. The highest BCUT2D eigenvalue weighted by molar-refractivity contribution is 9.10. The molecule has 7 nitrogen and oxygen atoms in total. The molecule has 0 saturated carbocycles. The van der Waals surface area contributed by atoms with Crippen molar-refractivity contribution in [2.24, 2.45) is 0 Å². The molecule has 2 heterocycles. The Morgan fingerprint density at radius 1 is 0.921 bits per heavy atom. The van der Waals surface area contributed by atoms with Crippen LogP contribution in [0.15, 0.2) is 89.4 Å². The number of piperidine rings is 1. The molecule has 3 aromatic rings. The minimum absolute atomic E-state index is 0.0218. The van der Waals surface area contributed by atoms with E-state index < -0.39 is 5.54 Å². The fourth-order valence-corrected chi connectivity index (χ4v) is 5.83. The van der Waals surface area contributed by atoms with Crippen molar-refractivity contribution in [3.8, 4) is 0 Å². The third-order valence-corrected chi connectivity index (χ3v) is 8.04. The van der Waals surface area contributed by atoms with Crippen LogP contribution in [0.25, 0.3) is 0 Å². The number of nitrogens with zero attached hydrogens (tertiary/aromatic N) is 4. The number of anilines is 1. The molecule has 3 amide bonds. The topological polar surface area (TPSA) is 64.2 Å². The second kappa shape index (κ2) is 11.0. The Morgan fingerprint density at radius 3 is 2.24 bits per heavy atom. The second-order valence-corrected chi connectivity index (χ2v) is 10.9. The zero-order valence-corrected chi connectivity index (χ0v) is 23.0. The summed E-state index contributed by atoms with van der Waals surface area (Å²) in [5, 5.41) is 0. The molecule has 2 saturated heterocycles. The van der Waals surface area contributed by atoms with Gasteiger partial charge in [-0.25, -0.2) is 0 Å². The van der Waals surface area contributed by atoms with Crippen molar-refractivity contribution in [1.29, 1.82) is 0 Å². The Labute approximate surface area is 231 Å². The van der Waals surface area contributed by atoms with E-state index in [0.29, 0.717) is 44.7 Å². The number of likely N-dealkylation sites (tertiary alicyclic amines) is 1. The van der Waals surface area contributed by atoms with Gasteiger partial charge in [0.2, 0.25) is 5.91 Å². The highest BCUT2D eigenvalue weighted by Gasteiger charge is 2.54. The molecule has 8 heteroatoms. The molecule has 0 radical (unpaired) electrons. The molecule has 0 atom stereocenters. The third kappa shape index (κ3) is 5.18. The van der Waals surface area contributed by atoms with Gasteiger partial charge in [0.1, 0.15) is 12.1 Å². The quantitative estimate of drug-likeness (QED) is 0.438. The number of hydrogen-bond acceptors (Lipinski definition) is 4. The van der Waals surface area contributed by atoms with Crippen LogP contribution in [0.5, 0.6) is 0 Å². The molecule has 0 bridgehead atoms. The fraction of sp³-hybridized carbons (Fsp3) is 0.300. The number of likely N-dealkylation sites (N-methyl/N-ethyl adjacent to an activating group) is 1. The summed E-state index contributed by atoms with van der Waals surface area (Å²) in [4.78, 5) is 47.6. The minimum Gasteiger partial charge on any atom is -0.340 e. The van der Waals surface area contributed by atoms with E-state index in [-0.39, 0.29) is 24.3 Å². The van der Waals surface area contributed by atoms with Crippen molar-refractivity contribution >= 4 is 39.3 Å². The lowest BCUT2D eigenvalue weighted by Crippen LogP contribution is -2.57. The Hall–Kier alpha value is -3.65. The third-order valence-electron chi connectivity index (χ3n) is 7.55. The standard InChI is InChI=1S/C30H31BrN4O3/c1-32(20-23-9-4-2-5-10-23)27(36)21-34-22-35(26-13-6-3-7-14-26)30(29(34)38)15-17-33(18-16-30)28(37)24-11-8-12-25(31)19-24/h2-14,19H,15-18,20-22H2,1H3. The predicted octanol–water partition coefficient (Wildman–Crippen LogP) is 4.39. The Bertz CT molecular complexity index is 1310. The van der Waals surface area contributed by atoms with E-state index in [1.807, 2.05) is 89.8 Å². The van der Waals surface area contributed by atoms with Gasteiger partial charge in [0, 0.05) is 42.4 Å². The van der Waals surface area contributed by atoms with Crippen LogP contribution in [-0.4, -0.2) is 71.3 Å². The minimum atomic E-state index is -0.784. The number of hydrogen-bond donors (Lipinski definition) is 0. The van der Waals surface area contributed by atoms with E-state index in [9.17, 15) is 14.4 Å². The van der Waals surface area contributed by atoms with Crippen LogP contribution in [0.4, 0.5) is 5.69 Å². The largest absolute Gasteiger partial charge is 0.340 e. The van der Waals surface area contributed by atoms with Crippen molar-refractivity contribution < 1.29 is 14.4 Å². The van der Waals surface area contributed by atoms with Gasteiger partial charge in [0.05, 0.1) is 6.67 Å². The van der Waals surface area contributed by atoms with Gasteiger partial charge in [-0.1, -0.05) is 70.5 Å². The van der Waals surface area contributed by atoms with E-state index in [2.05, 4.69) is 20.8 Å². The van der Waals surface area contributed by atoms with Gasteiger partial charge in [-0.2, -0.15) is 0 Å². The maximum Gasteiger partial charge on any atom is 0.253 e. The summed E-state index contributed by atoms with van der Waals surface area (Å²) in [5.41, 5.74) is 1.83. The molecule has 0 aromatic heterocycles. The molecule has 2 aliphatic heterocycles. The summed E-state index contributed by atoms with van der Waals surface area (Å²) in [6.45, 7) is 1.79. The van der Waals surface area contributed by atoms with Crippen molar-refractivity contribution in [3.05, 3.63) is 101 Å². The average molecular weight is 576 g/mol. The lowest BCUT2D eigenvalue weighted by molar-refractivity contribution is -0.140. The molecule has 196 valence electrons. The van der Waals surface area contributed by atoms with E-state index in [4.69, 9.17) is 0 Å². The Kier molecular flexibility index (Phi) is 7.51.